The van der Waals surface area contributed by atoms with Crippen molar-refractivity contribution in [2.24, 2.45) is 5.92 Å². The summed E-state index contributed by atoms with van der Waals surface area (Å²) >= 11 is 3.44. The van der Waals surface area contributed by atoms with E-state index in [0.29, 0.717) is 17.4 Å². The Morgan fingerprint density at radius 1 is 1.17 bits per heavy atom. The highest BCUT2D eigenvalue weighted by Crippen LogP contribution is 2.48. The average Bonchev–Trinajstić information content (AvgIpc) is 3.21. The number of halogens is 1. The molecule has 1 aromatic carbocycles. The van der Waals surface area contributed by atoms with Crippen molar-refractivity contribution < 1.29 is 4.79 Å². The van der Waals surface area contributed by atoms with Gasteiger partial charge in [-0.25, -0.2) is 9.67 Å². The van der Waals surface area contributed by atoms with Gasteiger partial charge in [0.15, 0.2) is 5.82 Å². The van der Waals surface area contributed by atoms with Crippen LogP contribution in [0.3, 0.4) is 0 Å². The number of nitrogens with one attached hydrogen (secondary N) is 1. The number of aromatic nitrogens is 3. The molecule has 5 nitrogen and oxygen atoms in total. The number of hydrogen-bond acceptors (Lipinski definition) is 3. The van der Waals surface area contributed by atoms with Crippen molar-refractivity contribution in [1.29, 1.82) is 0 Å². The van der Waals surface area contributed by atoms with Crippen LogP contribution in [0.2, 0.25) is 0 Å². The summed E-state index contributed by atoms with van der Waals surface area (Å²) in [5.74, 6) is 0.959. The lowest BCUT2D eigenvalue weighted by atomic mass is 10.1. The molecule has 2 heterocycles. The van der Waals surface area contributed by atoms with Crippen molar-refractivity contribution in [2.45, 2.75) is 12.3 Å². The molecule has 1 fully saturated rings. The van der Waals surface area contributed by atoms with Crippen LogP contribution in [0.15, 0.2) is 65.5 Å². The standard InChI is InChI=1S/C18H15BrN4O/c19-13-6-4-12(5-7-13)14-11-15(14)18(24)22-16-3-1-8-20-17(16)23-10-2-9-21-23/h1-10,14-15H,11H2,(H,22,24). The first-order chi connectivity index (χ1) is 11.7. The quantitative estimate of drug-likeness (QED) is 0.746. The van der Waals surface area contributed by atoms with E-state index in [9.17, 15) is 4.79 Å². The van der Waals surface area contributed by atoms with E-state index >= 15 is 0 Å². The largest absolute Gasteiger partial charge is 0.323 e. The van der Waals surface area contributed by atoms with E-state index in [-0.39, 0.29) is 11.8 Å². The lowest BCUT2D eigenvalue weighted by Crippen LogP contribution is -2.17. The number of rotatable bonds is 4. The first kappa shape index (κ1) is 15.1. The Hall–Kier alpha value is -2.47. The van der Waals surface area contributed by atoms with Crippen LogP contribution < -0.4 is 5.32 Å². The van der Waals surface area contributed by atoms with Gasteiger partial charge in [-0.1, -0.05) is 28.1 Å². The third-order valence-corrected chi connectivity index (χ3v) is 4.72. The minimum Gasteiger partial charge on any atom is -0.323 e. The Kier molecular flexibility index (Phi) is 3.90. The minimum atomic E-state index is 0.0110. The number of carbonyl (C=O) groups is 1. The molecule has 1 aliphatic carbocycles. The van der Waals surface area contributed by atoms with Gasteiger partial charge in [-0.15, -0.1) is 0 Å². The molecule has 0 aliphatic heterocycles. The third kappa shape index (κ3) is 2.97. The molecule has 2 aromatic heterocycles. The predicted octanol–water partition coefficient (Wildman–Crippen LogP) is 3.77. The highest BCUT2D eigenvalue weighted by molar-refractivity contribution is 9.10. The molecule has 0 bridgehead atoms. The molecule has 0 saturated heterocycles. The van der Waals surface area contributed by atoms with Crippen molar-refractivity contribution in [3.63, 3.8) is 0 Å². The highest BCUT2D eigenvalue weighted by Gasteiger charge is 2.44. The molecule has 2 unspecified atom stereocenters. The van der Waals surface area contributed by atoms with Crippen LogP contribution in [0, 0.1) is 5.92 Å². The van der Waals surface area contributed by atoms with Crippen molar-refractivity contribution in [1.82, 2.24) is 14.8 Å². The second-order valence-electron chi connectivity index (χ2n) is 5.81. The fourth-order valence-electron chi connectivity index (χ4n) is 2.86. The zero-order valence-corrected chi connectivity index (χ0v) is 14.3. The molecule has 0 radical (unpaired) electrons. The van der Waals surface area contributed by atoms with Crippen molar-refractivity contribution >= 4 is 27.5 Å². The Labute approximate surface area is 147 Å². The third-order valence-electron chi connectivity index (χ3n) is 4.19. The Morgan fingerprint density at radius 2 is 2.00 bits per heavy atom. The van der Waals surface area contributed by atoms with Crippen molar-refractivity contribution in [2.75, 3.05) is 5.32 Å². The predicted molar refractivity (Wildman–Crippen MR) is 95.0 cm³/mol. The van der Waals surface area contributed by atoms with Crippen LogP contribution in [-0.2, 0) is 4.79 Å². The van der Waals surface area contributed by atoms with Gasteiger partial charge < -0.3 is 5.32 Å². The maximum atomic E-state index is 12.6. The molecule has 2 atom stereocenters. The van der Waals surface area contributed by atoms with Gasteiger partial charge in [0.05, 0.1) is 5.69 Å². The summed E-state index contributed by atoms with van der Waals surface area (Å²) in [6, 6.07) is 13.6. The summed E-state index contributed by atoms with van der Waals surface area (Å²) in [5.41, 5.74) is 1.88. The van der Waals surface area contributed by atoms with Crippen LogP contribution in [0.4, 0.5) is 5.69 Å². The van der Waals surface area contributed by atoms with Crippen molar-refractivity contribution in [3.8, 4) is 5.82 Å². The molecule has 4 rings (SSSR count). The molecule has 1 saturated carbocycles. The summed E-state index contributed by atoms with van der Waals surface area (Å²) in [6.07, 6.45) is 6.06. The summed E-state index contributed by atoms with van der Waals surface area (Å²) in [5, 5.41) is 7.18. The van der Waals surface area contributed by atoms with Crippen LogP contribution in [0.25, 0.3) is 5.82 Å². The number of benzene rings is 1. The lowest BCUT2D eigenvalue weighted by molar-refractivity contribution is -0.117. The van der Waals surface area contributed by atoms with E-state index in [2.05, 4.69) is 43.5 Å². The van der Waals surface area contributed by atoms with Gasteiger partial charge in [-0.05, 0) is 48.2 Å². The normalized spacial score (nSPS) is 19.0. The fourth-order valence-corrected chi connectivity index (χ4v) is 3.12. The number of pyridine rings is 1. The van der Waals surface area contributed by atoms with Crippen LogP contribution in [0.1, 0.15) is 17.9 Å². The fraction of sp³-hybridized carbons (Fsp3) is 0.167. The van der Waals surface area contributed by atoms with Crippen LogP contribution in [0.5, 0.6) is 0 Å². The molecule has 0 spiro atoms. The monoisotopic (exact) mass is 382 g/mol. The van der Waals surface area contributed by atoms with Crippen molar-refractivity contribution in [3.05, 3.63) is 71.1 Å². The maximum absolute atomic E-state index is 12.6. The van der Waals surface area contributed by atoms with E-state index in [1.807, 2.05) is 30.3 Å². The summed E-state index contributed by atoms with van der Waals surface area (Å²) in [7, 11) is 0. The average molecular weight is 383 g/mol. The van der Waals surface area contributed by atoms with Gasteiger partial charge in [0, 0.05) is 29.0 Å². The number of anilines is 1. The second kappa shape index (κ2) is 6.20. The van der Waals surface area contributed by atoms with Gasteiger partial charge in [0.1, 0.15) is 0 Å². The first-order valence-corrected chi connectivity index (χ1v) is 8.53. The number of nitrogens with zero attached hydrogens (tertiary/aromatic N) is 3. The SMILES string of the molecule is O=C(Nc1cccnc1-n1cccn1)C1CC1c1ccc(Br)cc1. The summed E-state index contributed by atoms with van der Waals surface area (Å²) < 4.78 is 2.70. The molecule has 1 amide bonds. The van der Waals surface area contributed by atoms with E-state index in [0.717, 1.165) is 10.9 Å². The van der Waals surface area contributed by atoms with E-state index in [1.54, 1.807) is 23.3 Å². The lowest BCUT2D eigenvalue weighted by Gasteiger charge is -2.10. The Morgan fingerprint density at radius 3 is 2.75 bits per heavy atom. The number of amides is 1. The molecule has 24 heavy (non-hydrogen) atoms. The second-order valence-corrected chi connectivity index (χ2v) is 6.73. The first-order valence-electron chi connectivity index (χ1n) is 7.74. The van der Waals surface area contributed by atoms with E-state index < -0.39 is 0 Å². The smallest absolute Gasteiger partial charge is 0.228 e. The summed E-state index contributed by atoms with van der Waals surface area (Å²) in [6.45, 7) is 0. The topological polar surface area (TPSA) is 59.8 Å². The van der Waals surface area contributed by atoms with Gasteiger partial charge >= 0.3 is 0 Å². The zero-order chi connectivity index (χ0) is 16.5. The van der Waals surface area contributed by atoms with Gasteiger partial charge in [0.25, 0.3) is 0 Å². The Bertz CT molecular complexity index is 861. The van der Waals surface area contributed by atoms with Crippen LogP contribution in [-0.4, -0.2) is 20.7 Å². The highest BCUT2D eigenvalue weighted by atomic mass is 79.9. The summed E-state index contributed by atoms with van der Waals surface area (Å²) in [4.78, 5) is 16.9. The van der Waals surface area contributed by atoms with Crippen LogP contribution >= 0.6 is 15.9 Å². The van der Waals surface area contributed by atoms with E-state index in [4.69, 9.17) is 0 Å². The number of carbonyl (C=O) groups excluding carboxylic acids is 1. The van der Waals surface area contributed by atoms with E-state index in [1.165, 1.54) is 5.56 Å². The molecule has 120 valence electrons. The number of hydrogen-bond donors (Lipinski definition) is 1. The molecular formula is C18H15BrN4O. The molecule has 1 N–H and O–H groups in total. The molecule has 3 aromatic rings. The molecule has 6 heteroatoms. The van der Waals surface area contributed by atoms with Gasteiger partial charge in [-0.3, -0.25) is 4.79 Å². The zero-order valence-electron chi connectivity index (χ0n) is 12.8. The molecular weight excluding hydrogens is 368 g/mol. The van der Waals surface area contributed by atoms with Gasteiger partial charge in [0.2, 0.25) is 5.91 Å². The maximum Gasteiger partial charge on any atom is 0.228 e. The minimum absolute atomic E-state index is 0.0110. The Balaban J connectivity index is 1.49. The molecule has 1 aliphatic rings. The van der Waals surface area contributed by atoms with Gasteiger partial charge in [-0.2, -0.15) is 5.10 Å².